The van der Waals surface area contributed by atoms with Crippen LogP contribution in [0, 0.1) is 20.8 Å². The number of carbonyl (C=O) groups excluding carboxylic acids is 1. The van der Waals surface area contributed by atoms with E-state index in [0.717, 1.165) is 11.3 Å². The first-order valence-electron chi connectivity index (χ1n) is 9.25. The number of benzene rings is 1. The molecule has 4 rings (SSSR count). The van der Waals surface area contributed by atoms with Gasteiger partial charge in [0.25, 0.3) is 11.5 Å². The van der Waals surface area contributed by atoms with E-state index in [0.29, 0.717) is 44.4 Å². The SMILES string of the molecule is COc1ccccc1NC(=O)c1sc2ncn(Cc3c(C)noc3C)c(=O)c2c1C. The van der Waals surface area contributed by atoms with Gasteiger partial charge in [0.2, 0.25) is 0 Å². The van der Waals surface area contributed by atoms with Crippen LogP contribution in [0.25, 0.3) is 10.2 Å². The third-order valence-corrected chi connectivity index (χ3v) is 6.19. The molecule has 0 bridgehead atoms. The fraction of sp³-hybridized carbons (Fsp3) is 0.238. The number of para-hydroxylation sites is 2. The van der Waals surface area contributed by atoms with E-state index in [1.807, 2.05) is 26.0 Å². The van der Waals surface area contributed by atoms with E-state index in [2.05, 4.69) is 15.5 Å². The summed E-state index contributed by atoms with van der Waals surface area (Å²) in [4.78, 5) is 31.4. The van der Waals surface area contributed by atoms with Gasteiger partial charge < -0.3 is 14.6 Å². The van der Waals surface area contributed by atoms with E-state index in [1.54, 1.807) is 26.2 Å². The third kappa shape index (κ3) is 3.37. The number of ether oxygens (including phenoxy) is 1. The Hall–Kier alpha value is -3.46. The highest BCUT2D eigenvalue weighted by Gasteiger charge is 2.21. The predicted molar refractivity (Wildman–Crippen MR) is 115 cm³/mol. The van der Waals surface area contributed by atoms with E-state index in [9.17, 15) is 9.59 Å². The molecule has 0 atom stereocenters. The van der Waals surface area contributed by atoms with E-state index >= 15 is 0 Å². The van der Waals surface area contributed by atoms with Crippen LogP contribution in [0.2, 0.25) is 0 Å². The molecule has 30 heavy (non-hydrogen) atoms. The van der Waals surface area contributed by atoms with Gasteiger partial charge in [0.05, 0.1) is 41.6 Å². The van der Waals surface area contributed by atoms with Crippen LogP contribution in [-0.2, 0) is 6.54 Å². The second-order valence-electron chi connectivity index (χ2n) is 6.87. The molecule has 0 spiro atoms. The Morgan fingerprint density at radius 3 is 2.73 bits per heavy atom. The number of hydrogen-bond acceptors (Lipinski definition) is 7. The van der Waals surface area contributed by atoms with Crippen LogP contribution in [0.1, 0.15) is 32.3 Å². The van der Waals surface area contributed by atoms with Crippen LogP contribution in [0.5, 0.6) is 5.75 Å². The third-order valence-electron chi connectivity index (χ3n) is 4.99. The molecule has 0 saturated carbocycles. The van der Waals surface area contributed by atoms with Crippen molar-refractivity contribution in [3.8, 4) is 5.75 Å². The molecule has 3 aromatic heterocycles. The van der Waals surface area contributed by atoms with Gasteiger partial charge in [0.15, 0.2) is 0 Å². The van der Waals surface area contributed by atoms with Crippen molar-refractivity contribution in [1.29, 1.82) is 0 Å². The normalized spacial score (nSPS) is 11.1. The van der Waals surface area contributed by atoms with Gasteiger partial charge in [-0.3, -0.25) is 14.2 Å². The Bertz CT molecular complexity index is 1300. The zero-order valence-corrected chi connectivity index (χ0v) is 17.8. The lowest BCUT2D eigenvalue weighted by Gasteiger charge is -2.09. The Labute approximate surface area is 176 Å². The van der Waals surface area contributed by atoms with Crippen molar-refractivity contribution in [2.24, 2.45) is 0 Å². The summed E-state index contributed by atoms with van der Waals surface area (Å²) >= 11 is 1.19. The van der Waals surface area contributed by atoms with Crippen LogP contribution < -0.4 is 15.6 Å². The maximum Gasteiger partial charge on any atom is 0.266 e. The predicted octanol–water partition coefficient (Wildman–Crippen LogP) is 3.68. The number of rotatable bonds is 5. The number of aryl methyl sites for hydroxylation is 3. The fourth-order valence-corrected chi connectivity index (χ4v) is 4.35. The van der Waals surface area contributed by atoms with Crippen LogP contribution in [0.4, 0.5) is 5.69 Å². The van der Waals surface area contributed by atoms with Gasteiger partial charge >= 0.3 is 0 Å². The number of carbonyl (C=O) groups is 1. The van der Waals surface area contributed by atoms with Crippen molar-refractivity contribution in [2.75, 3.05) is 12.4 Å². The lowest BCUT2D eigenvalue weighted by molar-refractivity contribution is 0.102. The second-order valence-corrected chi connectivity index (χ2v) is 7.87. The average Bonchev–Trinajstić information content (AvgIpc) is 3.24. The first-order valence-corrected chi connectivity index (χ1v) is 10.1. The van der Waals surface area contributed by atoms with Crippen molar-refractivity contribution in [3.05, 3.63) is 68.4 Å². The molecule has 4 aromatic rings. The molecule has 154 valence electrons. The molecule has 0 aliphatic carbocycles. The first-order chi connectivity index (χ1) is 14.4. The highest BCUT2D eigenvalue weighted by molar-refractivity contribution is 7.20. The highest BCUT2D eigenvalue weighted by Crippen LogP contribution is 2.29. The minimum atomic E-state index is -0.309. The fourth-order valence-electron chi connectivity index (χ4n) is 3.31. The molecule has 1 aromatic carbocycles. The lowest BCUT2D eigenvalue weighted by atomic mass is 10.2. The summed E-state index contributed by atoms with van der Waals surface area (Å²) in [6.45, 7) is 5.71. The largest absolute Gasteiger partial charge is 0.495 e. The van der Waals surface area contributed by atoms with E-state index < -0.39 is 0 Å². The van der Waals surface area contributed by atoms with Gasteiger partial charge in [-0.05, 0) is 38.5 Å². The molecule has 1 N–H and O–H groups in total. The standard InChI is InChI=1S/C21H20N4O4S/c1-11-17-20(22-10-25(21(17)27)9-14-12(2)24-29-13(14)3)30-18(11)19(26)23-15-7-5-6-8-16(15)28-4/h5-8,10H,9H2,1-4H3,(H,23,26). The summed E-state index contributed by atoms with van der Waals surface area (Å²) in [6, 6.07) is 7.16. The molecular formula is C21H20N4O4S. The topological polar surface area (TPSA) is 99.2 Å². The molecule has 9 heteroatoms. The number of anilines is 1. The minimum absolute atomic E-state index is 0.204. The van der Waals surface area contributed by atoms with Crippen LogP contribution in [-0.4, -0.2) is 27.7 Å². The Morgan fingerprint density at radius 2 is 2.03 bits per heavy atom. The average molecular weight is 424 g/mol. The maximum absolute atomic E-state index is 13.1. The monoisotopic (exact) mass is 424 g/mol. The quantitative estimate of drug-likeness (QED) is 0.525. The summed E-state index contributed by atoms with van der Waals surface area (Å²) in [5.74, 6) is 0.916. The smallest absolute Gasteiger partial charge is 0.266 e. The van der Waals surface area contributed by atoms with E-state index in [4.69, 9.17) is 9.26 Å². The number of amides is 1. The van der Waals surface area contributed by atoms with Crippen LogP contribution in [0.3, 0.4) is 0 Å². The zero-order valence-electron chi connectivity index (χ0n) is 17.0. The number of nitrogens with zero attached hydrogens (tertiary/aromatic N) is 3. The van der Waals surface area contributed by atoms with Gasteiger partial charge in [0.1, 0.15) is 16.3 Å². The molecule has 0 aliphatic rings. The van der Waals surface area contributed by atoms with Gasteiger partial charge in [-0.1, -0.05) is 17.3 Å². The number of thiophene rings is 1. The molecule has 0 saturated heterocycles. The zero-order chi connectivity index (χ0) is 21.4. The van der Waals surface area contributed by atoms with Gasteiger partial charge in [0, 0.05) is 5.56 Å². The maximum atomic E-state index is 13.1. The minimum Gasteiger partial charge on any atom is -0.495 e. The molecule has 3 heterocycles. The molecule has 8 nitrogen and oxygen atoms in total. The first kappa shape index (κ1) is 19.8. The number of aromatic nitrogens is 3. The Morgan fingerprint density at radius 1 is 1.27 bits per heavy atom. The number of fused-ring (bicyclic) bond motifs is 1. The summed E-state index contributed by atoms with van der Waals surface area (Å²) in [7, 11) is 1.54. The van der Waals surface area contributed by atoms with E-state index in [-0.39, 0.29) is 11.5 Å². The number of nitrogens with one attached hydrogen (secondary N) is 1. The van der Waals surface area contributed by atoms with Crippen LogP contribution >= 0.6 is 11.3 Å². The molecular weight excluding hydrogens is 404 g/mol. The number of hydrogen-bond donors (Lipinski definition) is 1. The molecule has 1 amide bonds. The van der Waals surface area contributed by atoms with Crippen molar-refractivity contribution in [1.82, 2.24) is 14.7 Å². The van der Waals surface area contributed by atoms with E-state index in [1.165, 1.54) is 22.2 Å². The van der Waals surface area contributed by atoms with Crippen molar-refractivity contribution < 1.29 is 14.1 Å². The Balaban J connectivity index is 1.71. The summed E-state index contributed by atoms with van der Waals surface area (Å²) in [6.07, 6.45) is 1.49. The number of methoxy groups -OCH3 is 1. The van der Waals surface area contributed by atoms with Gasteiger partial charge in [-0.25, -0.2) is 4.98 Å². The summed E-state index contributed by atoms with van der Waals surface area (Å²) in [5, 5.41) is 7.23. The highest BCUT2D eigenvalue weighted by atomic mass is 32.1. The summed E-state index contributed by atoms with van der Waals surface area (Å²) < 4.78 is 12.0. The molecule has 0 aliphatic heterocycles. The van der Waals surface area contributed by atoms with Crippen molar-refractivity contribution >= 4 is 33.1 Å². The molecule has 0 fully saturated rings. The van der Waals surface area contributed by atoms with Crippen molar-refractivity contribution in [2.45, 2.75) is 27.3 Å². The van der Waals surface area contributed by atoms with Gasteiger partial charge in [-0.2, -0.15) is 0 Å². The Kier molecular flexibility index (Phi) is 5.13. The molecule has 0 radical (unpaired) electrons. The summed E-state index contributed by atoms with van der Waals surface area (Å²) in [5.41, 5.74) is 2.54. The van der Waals surface area contributed by atoms with Crippen molar-refractivity contribution in [3.63, 3.8) is 0 Å². The molecule has 0 unspecified atom stereocenters. The van der Waals surface area contributed by atoms with Gasteiger partial charge in [-0.15, -0.1) is 11.3 Å². The van der Waals surface area contributed by atoms with Crippen LogP contribution in [0.15, 0.2) is 39.9 Å². The lowest BCUT2D eigenvalue weighted by Crippen LogP contribution is -2.21. The second kappa shape index (κ2) is 7.75.